The molecule has 1 atom stereocenters. The molecule has 3 aromatic rings. The lowest BCUT2D eigenvalue weighted by molar-refractivity contribution is -0.330. The van der Waals surface area contributed by atoms with E-state index in [1.165, 1.54) is 0 Å². The van der Waals surface area contributed by atoms with Gasteiger partial charge in [-0.25, -0.2) is 9.63 Å². The van der Waals surface area contributed by atoms with E-state index in [1.54, 1.807) is 21.3 Å². The van der Waals surface area contributed by atoms with E-state index in [4.69, 9.17) is 23.9 Å². The molecule has 224 valence electrons. The number of aliphatic hydroxyl groups is 1. The highest BCUT2D eigenvalue weighted by Gasteiger charge is 2.35. The highest BCUT2D eigenvalue weighted by molar-refractivity contribution is 7.81. The first-order valence-corrected chi connectivity index (χ1v) is 14.4. The van der Waals surface area contributed by atoms with E-state index in [1.807, 2.05) is 66.7 Å². The third kappa shape index (κ3) is 7.18. The number of hydroxylamine groups is 2. The maximum absolute atomic E-state index is 12.4. The summed E-state index contributed by atoms with van der Waals surface area (Å²) < 4.78 is 16.3. The van der Waals surface area contributed by atoms with E-state index in [9.17, 15) is 14.7 Å². The van der Waals surface area contributed by atoms with Gasteiger partial charge in [-0.3, -0.25) is 4.79 Å². The molecule has 0 radical (unpaired) electrons. The first-order valence-electron chi connectivity index (χ1n) is 13.8. The minimum absolute atomic E-state index is 0.149. The SMILES string of the molecule is COc1ccc(C(O)(c2ccc(OC)cc2)c2ccc(OC)c(CCCCCC(=O)ON3OCCC(S)C3=O)c2)cc1. The van der Waals surface area contributed by atoms with Gasteiger partial charge < -0.3 is 24.2 Å². The van der Waals surface area contributed by atoms with Gasteiger partial charge in [-0.05, 0) is 89.6 Å². The molecule has 4 rings (SSSR count). The molecule has 0 aliphatic carbocycles. The zero-order valence-corrected chi connectivity index (χ0v) is 25.0. The number of benzene rings is 3. The van der Waals surface area contributed by atoms with Crippen molar-refractivity contribution < 1.29 is 38.6 Å². The maximum Gasteiger partial charge on any atom is 0.335 e. The number of hydrogen-bond acceptors (Lipinski definition) is 9. The number of carbonyl (C=O) groups is 2. The van der Waals surface area contributed by atoms with Gasteiger partial charge in [0.15, 0.2) is 0 Å². The van der Waals surface area contributed by atoms with Crippen LogP contribution in [-0.4, -0.2) is 55.4 Å². The lowest BCUT2D eigenvalue weighted by Gasteiger charge is -2.31. The Morgan fingerprint density at radius 3 is 2.07 bits per heavy atom. The number of unbranched alkanes of at least 4 members (excludes halogenated alkanes) is 2. The zero-order chi connectivity index (χ0) is 30.1. The average Bonchev–Trinajstić information content (AvgIpc) is 3.02. The van der Waals surface area contributed by atoms with Gasteiger partial charge in [0.05, 0.1) is 33.2 Å². The second-order valence-electron chi connectivity index (χ2n) is 9.95. The lowest BCUT2D eigenvalue weighted by Crippen LogP contribution is -2.43. The van der Waals surface area contributed by atoms with E-state index in [-0.39, 0.29) is 13.0 Å². The van der Waals surface area contributed by atoms with E-state index >= 15 is 0 Å². The summed E-state index contributed by atoms with van der Waals surface area (Å²) in [5.74, 6) is 1.09. The molecule has 0 saturated carbocycles. The Balaban J connectivity index is 1.47. The molecule has 1 aliphatic rings. The molecule has 1 aliphatic heterocycles. The third-order valence-corrected chi connectivity index (χ3v) is 7.77. The molecule has 9 nitrogen and oxygen atoms in total. The summed E-state index contributed by atoms with van der Waals surface area (Å²) in [6.07, 6.45) is 3.38. The van der Waals surface area contributed by atoms with E-state index < -0.39 is 22.7 Å². The quantitative estimate of drug-likeness (QED) is 0.161. The molecule has 1 N–H and O–H groups in total. The number of aryl methyl sites for hydroxylation is 1. The van der Waals surface area contributed by atoms with Crippen molar-refractivity contribution in [2.24, 2.45) is 0 Å². The standard InChI is InChI=1S/C32H37NO8S/c1-37-26-14-9-23(10-15-26)32(36,24-11-16-27(38-2)17-12-24)25-13-18-28(39-3)22(21-25)7-5-4-6-8-30(34)41-33-31(35)29(42)19-20-40-33/h9-18,21,29,36,42H,4-8,19-20H2,1-3H3. The summed E-state index contributed by atoms with van der Waals surface area (Å²) in [6, 6.07) is 20.4. The molecule has 0 bridgehead atoms. The molecule has 10 heteroatoms. The number of carbonyl (C=O) groups excluding carboxylic acids is 2. The normalized spacial score (nSPS) is 15.3. The van der Waals surface area contributed by atoms with Crippen LogP contribution in [0.2, 0.25) is 0 Å². The molecule has 1 saturated heterocycles. The topological polar surface area (TPSA) is 104 Å². The van der Waals surface area contributed by atoms with Crippen molar-refractivity contribution in [2.75, 3.05) is 27.9 Å². The predicted octanol–water partition coefficient (Wildman–Crippen LogP) is 5.02. The highest BCUT2D eigenvalue weighted by Crippen LogP contribution is 2.40. The summed E-state index contributed by atoms with van der Waals surface area (Å²) in [7, 11) is 4.82. The smallest absolute Gasteiger partial charge is 0.335 e. The summed E-state index contributed by atoms with van der Waals surface area (Å²) >= 11 is 4.17. The van der Waals surface area contributed by atoms with Gasteiger partial charge in [0, 0.05) is 6.42 Å². The molecule has 1 heterocycles. The fraction of sp³-hybridized carbons (Fsp3) is 0.375. The average molecular weight is 596 g/mol. The van der Waals surface area contributed by atoms with E-state index in [0.717, 1.165) is 18.4 Å². The first-order chi connectivity index (χ1) is 20.3. The molecular weight excluding hydrogens is 558 g/mol. The van der Waals surface area contributed by atoms with Crippen molar-refractivity contribution in [3.05, 3.63) is 89.0 Å². The Morgan fingerprint density at radius 2 is 1.50 bits per heavy atom. The van der Waals surface area contributed by atoms with E-state index in [0.29, 0.717) is 58.4 Å². The summed E-state index contributed by atoms with van der Waals surface area (Å²) in [5, 5.41) is 12.5. The Morgan fingerprint density at radius 1 is 0.905 bits per heavy atom. The molecular formula is C32H37NO8S. The first kappa shape index (κ1) is 31.2. The van der Waals surface area contributed by atoms with Crippen molar-refractivity contribution in [3.63, 3.8) is 0 Å². The van der Waals surface area contributed by atoms with Crippen molar-refractivity contribution >= 4 is 24.5 Å². The molecule has 0 spiro atoms. The van der Waals surface area contributed by atoms with Gasteiger partial charge in [-0.2, -0.15) is 12.6 Å². The van der Waals surface area contributed by atoms with Crippen LogP contribution in [0.1, 0.15) is 54.4 Å². The van der Waals surface area contributed by atoms with Crippen LogP contribution in [0.4, 0.5) is 0 Å². The van der Waals surface area contributed by atoms with Crippen LogP contribution < -0.4 is 14.2 Å². The number of nitrogens with zero attached hydrogens (tertiary/aromatic N) is 1. The molecule has 1 fully saturated rings. The van der Waals surface area contributed by atoms with Crippen LogP contribution >= 0.6 is 12.6 Å². The summed E-state index contributed by atoms with van der Waals surface area (Å²) in [4.78, 5) is 34.4. The number of thiol groups is 1. The number of amides is 1. The molecule has 0 aromatic heterocycles. The van der Waals surface area contributed by atoms with Crippen molar-refractivity contribution in [3.8, 4) is 17.2 Å². The lowest BCUT2D eigenvalue weighted by atomic mass is 9.79. The largest absolute Gasteiger partial charge is 0.497 e. The second kappa shape index (κ2) is 14.4. The number of ether oxygens (including phenoxy) is 3. The number of methoxy groups -OCH3 is 3. The Kier molecular flexibility index (Phi) is 10.7. The Bertz CT molecular complexity index is 1300. The van der Waals surface area contributed by atoms with Gasteiger partial charge in [-0.15, -0.1) is 0 Å². The molecule has 1 amide bonds. The molecule has 1 unspecified atom stereocenters. The van der Waals surface area contributed by atoms with Crippen molar-refractivity contribution in [1.82, 2.24) is 5.23 Å². The van der Waals surface area contributed by atoms with Gasteiger partial charge >= 0.3 is 5.97 Å². The monoisotopic (exact) mass is 595 g/mol. The minimum Gasteiger partial charge on any atom is -0.497 e. The number of hydrogen-bond donors (Lipinski definition) is 2. The van der Waals surface area contributed by atoms with Crippen LogP contribution in [0.5, 0.6) is 17.2 Å². The Labute approximate surface area is 251 Å². The second-order valence-corrected chi connectivity index (χ2v) is 10.6. The maximum atomic E-state index is 12.4. The van der Waals surface area contributed by atoms with Gasteiger partial charge in [0.1, 0.15) is 22.8 Å². The zero-order valence-electron chi connectivity index (χ0n) is 24.1. The van der Waals surface area contributed by atoms with Gasteiger partial charge in [0.25, 0.3) is 5.91 Å². The van der Waals surface area contributed by atoms with Gasteiger partial charge in [-0.1, -0.05) is 36.8 Å². The summed E-state index contributed by atoms with van der Waals surface area (Å²) in [5.41, 5.74) is 1.53. The Hall–Kier alpha value is -3.73. The molecule has 3 aromatic carbocycles. The minimum atomic E-state index is -1.46. The van der Waals surface area contributed by atoms with Crippen LogP contribution in [0.25, 0.3) is 0 Å². The fourth-order valence-electron chi connectivity index (χ4n) is 4.89. The third-order valence-electron chi connectivity index (χ3n) is 7.29. The van der Waals surface area contributed by atoms with E-state index in [2.05, 4.69) is 12.6 Å². The van der Waals surface area contributed by atoms with Crippen LogP contribution in [0, 0.1) is 0 Å². The van der Waals surface area contributed by atoms with Crippen LogP contribution in [-0.2, 0) is 31.3 Å². The summed E-state index contributed by atoms with van der Waals surface area (Å²) in [6.45, 7) is 0.264. The highest BCUT2D eigenvalue weighted by atomic mass is 32.1. The van der Waals surface area contributed by atoms with Crippen molar-refractivity contribution in [1.29, 1.82) is 0 Å². The number of rotatable bonds is 13. The van der Waals surface area contributed by atoms with Crippen LogP contribution in [0.3, 0.4) is 0 Å². The van der Waals surface area contributed by atoms with Gasteiger partial charge in [0.2, 0.25) is 0 Å². The van der Waals surface area contributed by atoms with Crippen LogP contribution in [0.15, 0.2) is 66.7 Å². The fourth-order valence-corrected chi connectivity index (χ4v) is 5.09. The predicted molar refractivity (Wildman–Crippen MR) is 160 cm³/mol. The molecule has 42 heavy (non-hydrogen) atoms. The van der Waals surface area contributed by atoms with Crippen molar-refractivity contribution in [2.45, 2.75) is 49.4 Å².